The summed E-state index contributed by atoms with van der Waals surface area (Å²) >= 11 is 2.94. The predicted molar refractivity (Wildman–Crippen MR) is 97.7 cm³/mol. The van der Waals surface area contributed by atoms with Gasteiger partial charge < -0.3 is 9.84 Å². The fourth-order valence-corrected chi connectivity index (χ4v) is 3.43. The molecule has 0 aromatic heterocycles. The molecule has 0 bridgehead atoms. The van der Waals surface area contributed by atoms with Crippen LogP contribution in [0.25, 0.3) is 0 Å². The Kier molecular flexibility index (Phi) is 7.70. The largest absolute Gasteiger partial charge is 0.480 e. The maximum Gasteiger partial charge on any atom is 0.414 e. The zero-order valence-corrected chi connectivity index (χ0v) is 17.1. The van der Waals surface area contributed by atoms with Crippen LogP contribution in [0, 0.1) is 11.6 Å². The van der Waals surface area contributed by atoms with Crippen LogP contribution < -0.4 is 4.90 Å². The van der Waals surface area contributed by atoms with Crippen molar-refractivity contribution in [1.29, 1.82) is 0 Å². The molecule has 0 radical (unpaired) electrons. The highest BCUT2D eigenvalue weighted by molar-refractivity contribution is 9.10. The molecule has 1 aliphatic heterocycles. The molecule has 1 aliphatic rings. The number of carbonyl (C=O) groups excluding carboxylic acids is 1. The van der Waals surface area contributed by atoms with Crippen molar-refractivity contribution in [2.45, 2.75) is 38.0 Å². The summed E-state index contributed by atoms with van der Waals surface area (Å²) in [6.07, 6.45) is -0.954. The molecule has 1 fully saturated rings. The van der Waals surface area contributed by atoms with Crippen LogP contribution in [0.4, 0.5) is 19.3 Å². The lowest BCUT2D eigenvalue weighted by Crippen LogP contribution is -2.43. The summed E-state index contributed by atoms with van der Waals surface area (Å²) in [6.45, 7) is 5.02. The Labute approximate surface area is 161 Å². The van der Waals surface area contributed by atoms with E-state index in [1.165, 1.54) is 13.2 Å². The molecule has 10 heteroatoms. The lowest BCUT2D eigenvalue weighted by molar-refractivity contribution is -0.140. The van der Waals surface area contributed by atoms with Gasteiger partial charge in [-0.2, -0.15) is 0 Å². The molecule has 1 N–H and O–H groups in total. The van der Waals surface area contributed by atoms with Gasteiger partial charge in [0, 0.05) is 27.9 Å². The van der Waals surface area contributed by atoms with E-state index >= 15 is 0 Å². The molecule has 146 valence electrons. The summed E-state index contributed by atoms with van der Waals surface area (Å²) < 4.78 is 43.3. The second kappa shape index (κ2) is 8.90. The average Bonchev–Trinajstić information content (AvgIpc) is 2.88. The Morgan fingerprint density at radius 1 is 1.42 bits per heavy atom. The zero-order valence-electron chi connectivity index (χ0n) is 14.7. The number of benzene rings is 1. The minimum absolute atomic E-state index is 0.171. The molecule has 1 amide bonds. The van der Waals surface area contributed by atoms with Crippen molar-refractivity contribution in [1.82, 2.24) is 0 Å². The van der Waals surface area contributed by atoms with Crippen molar-refractivity contribution in [2.75, 3.05) is 17.7 Å². The van der Waals surface area contributed by atoms with E-state index in [9.17, 15) is 27.7 Å². The van der Waals surface area contributed by atoms with Gasteiger partial charge in [0.25, 0.3) is 0 Å². The van der Waals surface area contributed by atoms with Crippen LogP contribution >= 0.6 is 15.9 Å². The van der Waals surface area contributed by atoms with Crippen LogP contribution in [0.5, 0.6) is 0 Å². The molecule has 1 aromatic rings. The van der Waals surface area contributed by atoms with E-state index in [4.69, 9.17) is 4.74 Å². The summed E-state index contributed by atoms with van der Waals surface area (Å²) in [4.78, 5) is 24.1. The van der Waals surface area contributed by atoms with E-state index in [1.54, 1.807) is 0 Å². The quantitative estimate of drug-likeness (QED) is 0.731. The first-order chi connectivity index (χ1) is 12.1. The first-order valence-corrected chi connectivity index (χ1v) is 10.1. The smallest absolute Gasteiger partial charge is 0.414 e. The summed E-state index contributed by atoms with van der Waals surface area (Å²) in [5, 5.41) is 9.26. The van der Waals surface area contributed by atoms with Gasteiger partial charge in [-0.15, -0.1) is 0 Å². The highest BCUT2D eigenvalue weighted by atomic mass is 79.9. The summed E-state index contributed by atoms with van der Waals surface area (Å²) in [5.41, 5.74) is -0.569. The fraction of sp³-hybridized carbons (Fsp3) is 0.500. The molecule has 2 rings (SSSR count). The molecule has 1 saturated heterocycles. The van der Waals surface area contributed by atoms with Crippen LogP contribution in [0.2, 0.25) is 0 Å². The SMILES string of the molecule is CC.CS(=O)C(C)(CC1CN(c2c(F)cc(Br)cc2F)C(=O)O1)C(=O)O. The number of nitrogens with zero attached hydrogens (tertiary/aromatic N) is 1. The van der Waals surface area contributed by atoms with E-state index in [1.807, 2.05) is 13.8 Å². The van der Waals surface area contributed by atoms with Crippen LogP contribution in [-0.4, -0.2) is 45.0 Å². The predicted octanol–water partition coefficient (Wildman–Crippen LogP) is 3.69. The lowest BCUT2D eigenvalue weighted by Gasteiger charge is -2.24. The molecule has 26 heavy (non-hydrogen) atoms. The van der Waals surface area contributed by atoms with Gasteiger partial charge >= 0.3 is 12.1 Å². The number of cyclic esters (lactones) is 1. The topological polar surface area (TPSA) is 83.9 Å². The standard InChI is InChI=1S/C14H14BrF2NO5S.C2H6/c1-14(12(19)20,24(2)22)5-8-6-18(13(21)23-8)11-9(16)3-7(15)4-10(11)17;1-2/h3-4,8H,5-6H2,1-2H3,(H,19,20);1-2H3. The second-order valence-corrected chi connectivity index (χ2v) is 8.25. The molecular formula is C16H20BrF2NO5S. The maximum absolute atomic E-state index is 14.0. The Hall–Kier alpha value is -1.55. The number of hydrogen-bond acceptors (Lipinski definition) is 4. The van der Waals surface area contributed by atoms with Crippen molar-refractivity contribution < 1.29 is 32.4 Å². The normalized spacial score (nSPS) is 19.9. The third kappa shape index (κ3) is 4.59. The van der Waals surface area contributed by atoms with Crippen molar-refractivity contribution in [2.24, 2.45) is 0 Å². The number of ether oxygens (including phenoxy) is 1. The number of halogens is 3. The van der Waals surface area contributed by atoms with Crippen molar-refractivity contribution in [3.8, 4) is 0 Å². The minimum atomic E-state index is -1.74. The summed E-state index contributed by atoms with van der Waals surface area (Å²) in [7, 11) is -1.74. The van der Waals surface area contributed by atoms with E-state index in [2.05, 4.69) is 15.9 Å². The highest BCUT2D eigenvalue weighted by Gasteiger charge is 2.45. The van der Waals surface area contributed by atoms with Gasteiger partial charge in [-0.25, -0.2) is 13.6 Å². The zero-order chi connectivity index (χ0) is 20.2. The van der Waals surface area contributed by atoms with Gasteiger partial charge in [0.2, 0.25) is 0 Å². The monoisotopic (exact) mass is 455 g/mol. The molecular weight excluding hydrogens is 436 g/mol. The highest BCUT2D eigenvalue weighted by Crippen LogP contribution is 2.33. The molecule has 6 nitrogen and oxygen atoms in total. The van der Waals surface area contributed by atoms with Gasteiger partial charge in [0.05, 0.1) is 6.54 Å². The number of hydrogen-bond donors (Lipinski definition) is 1. The maximum atomic E-state index is 14.0. The van der Waals surface area contributed by atoms with Gasteiger partial charge in [-0.3, -0.25) is 13.9 Å². The third-order valence-corrected chi connectivity index (χ3v) is 5.90. The molecule has 3 unspecified atom stereocenters. The number of carboxylic acid groups (broad SMARTS) is 1. The molecule has 0 aliphatic carbocycles. The minimum Gasteiger partial charge on any atom is -0.480 e. The Morgan fingerprint density at radius 3 is 2.35 bits per heavy atom. The number of anilines is 1. The first-order valence-electron chi connectivity index (χ1n) is 7.76. The van der Waals surface area contributed by atoms with Crippen LogP contribution in [0.1, 0.15) is 27.2 Å². The van der Waals surface area contributed by atoms with E-state index in [0.29, 0.717) is 0 Å². The van der Waals surface area contributed by atoms with Crippen molar-refractivity contribution in [3.05, 3.63) is 28.2 Å². The number of rotatable bonds is 5. The van der Waals surface area contributed by atoms with Gasteiger partial charge in [0.1, 0.15) is 16.5 Å². The average molecular weight is 456 g/mol. The van der Waals surface area contributed by atoms with E-state index < -0.39 is 51.0 Å². The van der Waals surface area contributed by atoms with Crippen LogP contribution in [0.15, 0.2) is 16.6 Å². The van der Waals surface area contributed by atoms with Crippen molar-refractivity contribution >= 4 is 44.5 Å². The third-order valence-electron chi connectivity index (χ3n) is 3.83. The van der Waals surface area contributed by atoms with Crippen molar-refractivity contribution in [3.63, 3.8) is 0 Å². The molecule has 1 heterocycles. The van der Waals surface area contributed by atoms with E-state index in [-0.39, 0.29) is 17.4 Å². The number of amides is 1. The van der Waals surface area contributed by atoms with Gasteiger partial charge in [-0.05, 0) is 19.1 Å². The first kappa shape index (κ1) is 22.5. The Morgan fingerprint density at radius 2 is 1.92 bits per heavy atom. The van der Waals surface area contributed by atoms with Gasteiger partial charge in [0.15, 0.2) is 11.6 Å². The van der Waals surface area contributed by atoms with Crippen LogP contribution in [-0.2, 0) is 20.3 Å². The molecule has 3 atom stereocenters. The fourth-order valence-electron chi connectivity index (χ4n) is 2.36. The Bertz CT molecular complexity index is 694. The summed E-state index contributed by atoms with van der Waals surface area (Å²) in [5.74, 6) is -3.22. The van der Waals surface area contributed by atoms with E-state index in [0.717, 1.165) is 17.0 Å². The Balaban J connectivity index is 0.00000163. The molecule has 0 spiro atoms. The lowest BCUT2D eigenvalue weighted by atomic mass is 10.0. The summed E-state index contributed by atoms with van der Waals surface area (Å²) in [6, 6.07) is 2.00. The number of carbonyl (C=O) groups is 2. The second-order valence-electron chi connectivity index (χ2n) is 5.53. The number of carboxylic acids is 1. The molecule has 1 aromatic carbocycles. The van der Waals surface area contributed by atoms with Gasteiger partial charge in [-0.1, -0.05) is 29.8 Å². The molecule has 0 saturated carbocycles. The number of aliphatic carboxylic acids is 1. The van der Waals surface area contributed by atoms with Crippen LogP contribution in [0.3, 0.4) is 0 Å².